The number of nitrogens with one attached hydrogen (secondary N) is 1. The summed E-state index contributed by atoms with van der Waals surface area (Å²) in [5, 5.41) is 2.78. The van der Waals surface area contributed by atoms with Crippen LogP contribution in [0.15, 0.2) is 0 Å². The van der Waals surface area contributed by atoms with Gasteiger partial charge in [0.05, 0.1) is 18.4 Å². The number of carbonyl (C=O) groups excluding carboxylic acids is 3. The molecular weight excluding hydrogens is 222 g/mol. The van der Waals surface area contributed by atoms with E-state index in [4.69, 9.17) is 0 Å². The van der Waals surface area contributed by atoms with Gasteiger partial charge < -0.3 is 10.2 Å². The maximum atomic E-state index is 11.9. The number of hydrogen-bond acceptors (Lipinski definition) is 4. The van der Waals surface area contributed by atoms with Crippen LogP contribution in [0.2, 0.25) is 0 Å². The number of imide groups is 1. The van der Waals surface area contributed by atoms with Gasteiger partial charge in [-0.1, -0.05) is 0 Å². The largest absolute Gasteiger partial charge is 0.340 e. The summed E-state index contributed by atoms with van der Waals surface area (Å²) >= 11 is 0. The first-order valence-corrected chi connectivity index (χ1v) is 5.87. The Morgan fingerprint density at radius 2 is 1.82 bits per heavy atom. The molecule has 0 saturated carbocycles. The monoisotopic (exact) mass is 239 g/mol. The van der Waals surface area contributed by atoms with Gasteiger partial charge in [-0.25, -0.2) is 0 Å². The maximum Gasteiger partial charge on any atom is 0.236 e. The molecule has 2 saturated heterocycles. The fourth-order valence-corrected chi connectivity index (χ4v) is 2.59. The molecule has 3 amide bonds. The molecule has 0 aromatic rings. The topological polar surface area (TPSA) is 69.7 Å². The number of amides is 3. The Kier molecular flexibility index (Phi) is 3.15. The SMILES string of the molecule is CCN1C(=O)[C@@H]2CN(C(=O)CNC)C[C@H]2C1=O. The molecule has 2 aliphatic heterocycles. The summed E-state index contributed by atoms with van der Waals surface area (Å²) in [5.74, 6) is -0.929. The second-order valence-electron chi connectivity index (χ2n) is 4.46. The fourth-order valence-electron chi connectivity index (χ4n) is 2.59. The van der Waals surface area contributed by atoms with Crippen LogP contribution >= 0.6 is 0 Å². The third-order valence-corrected chi connectivity index (χ3v) is 3.48. The lowest BCUT2D eigenvalue weighted by Crippen LogP contribution is -2.40. The van der Waals surface area contributed by atoms with Crippen LogP contribution in [0.1, 0.15) is 6.92 Å². The lowest BCUT2D eigenvalue weighted by atomic mass is 10.00. The zero-order chi connectivity index (χ0) is 12.6. The van der Waals surface area contributed by atoms with E-state index in [1.807, 2.05) is 0 Å². The molecule has 2 fully saturated rings. The molecule has 0 aliphatic carbocycles. The first-order chi connectivity index (χ1) is 8.10. The van der Waals surface area contributed by atoms with Gasteiger partial charge in [0.25, 0.3) is 0 Å². The zero-order valence-electron chi connectivity index (χ0n) is 10.1. The summed E-state index contributed by atoms with van der Waals surface area (Å²) in [5.41, 5.74) is 0. The van der Waals surface area contributed by atoms with E-state index in [-0.39, 0.29) is 36.1 Å². The highest BCUT2D eigenvalue weighted by atomic mass is 16.2. The number of likely N-dealkylation sites (tertiary alicyclic amines) is 2. The molecule has 2 rings (SSSR count). The van der Waals surface area contributed by atoms with E-state index in [9.17, 15) is 14.4 Å². The van der Waals surface area contributed by atoms with Gasteiger partial charge in [0.2, 0.25) is 17.7 Å². The molecule has 0 spiro atoms. The van der Waals surface area contributed by atoms with Crippen LogP contribution in [0.5, 0.6) is 0 Å². The lowest BCUT2D eigenvalue weighted by Gasteiger charge is -2.19. The Hall–Kier alpha value is -1.43. The number of nitrogens with zero attached hydrogens (tertiary/aromatic N) is 2. The number of fused-ring (bicyclic) bond motifs is 1. The highest BCUT2D eigenvalue weighted by Gasteiger charge is 2.52. The van der Waals surface area contributed by atoms with Crippen molar-refractivity contribution in [3.05, 3.63) is 0 Å². The third kappa shape index (κ3) is 1.82. The summed E-state index contributed by atoms with van der Waals surface area (Å²) in [6, 6.07) is 0. The van der Waals surface area contributed by atoms with E-state index in [0.29, 0.717) is 19.6 Å². The van der Waals surface area contributed by atoms with Gasteiger partial charge in [-0.3, -0.25) is 19.3 Å². The van der Waals surface area contributed by atoms with Crippen LogP contribution in [-0.4, -0.2) is 60.7 Å². The molecular formula is C11H17N3O3. The summed E-state index contributed by atoms with van der Waals surface area (Å²) < 4.78 is 0. The van der Waals surface area contributed by atoms with Crippen molar-refractivity contribution in [3.8, 4) is 0 Å². The molecule has 0 unspecified atom stereocenters. The van der Waals surface area contributed by atoms with Crippen LogP contribution in [0.4, 0.5) is 0 Å². The van der Waals surface area contributed by atoms with E-state index in [2.05, 4.69) is 5.32 Å². The normalized spacial score (nSPS) is 27.9. The minimum absolute atomic E-state index is 0.0504. The number of likely N-dealkylation sites (N-methyl/N-ethyl adjacent to an activating group) is 1. The second kappa shape index (κ2) is 4.44. The van der Waals surface area contributed by atoms with Crippen LogP contribution in [0, 0.1) is 11.8 Å². The van der Waals surface area contributed by atoms with Crippen molar-refractivity contribution >= 4 is 17.7 Å². The number of rotatable bonds is 3. The van der Waals surface area contributed by atoms with Crippen LogP contribution < -0.4 is 5.32 Å². The molecule has 6 nitrogen and oxygen atoms in total. The summed E-state index contributed by atoms with van der Waals surface area (Å²) in [7, 11) is 1.70. The summed E-state index contributed by atoms with van der Waals surface area (Å²) in [6.45, 7) is 3.23. The molecule has 94 valence electrons. The predicted molar refractivity (Wildman–Crippen MR) is 59.9 cm³/mol. The Labute approximate surface area is 99.9 Å². The Bertz CT molecular complexity index is 345. The van der Waals surface area contributed by atoms with Gasteiger partial charge >= 0.3 is 0 Å². The summed E-state index contributed by atoms with van der Waals surface area (Å²) in [6.07, 6.45) is 0. The van der Waals surface area contributed by atoms with E-state index in [1.165, 1.54) is 4.90 Å². The molecule has 6 heteroatoms. The zero-order valence-corrected chi connectivity index (χ0v) is 10.1. The highest BCUT2D eigenvalue weighted by Crippen LogP contribution is 2.33. The van der Waals surface area contributed by atoms with Gasteiger partial charge in [0.1, 0.15) is 0 Å². The quantitative estimate of drug-likeness (QED) is 0.619. The van der Waals surface area contributed by atoms with Crippen LogP contribution in [-0.2, 0) is 14.4 Å². The Morgan fingerprint density at radius 1 is 1.29 bits per heavy atom. The number of hydrogen-bond donors (Lipinski definition) is 1. The first kappa shape index (κ1) is 12.0. The summed E-state index contributed by atoms with van der Waals surface area (Å²) in [4.78, 5) is 38.4. The third-order valence-electron chi connectivity index (χ3n) is 3.48. The molecule has 1 N–H and O–H groups in total. The first-order valence-electron chi connectivity index (χ1n) is 5.87. The van der Waals surface area contributed by atoms with Gasteiger partial charge in [-0.05, 0) is 14.0 Å². The van der Waals surface area contributed by atoms with E-state index in [1.54, 1.807) is 18.9 Å². The Morgan fingerprint density at radius 3 is 2.24 bits per heavy atom. The van der Waals surface area contributed by atoms with Crippen molar-refractivity contribution in [3.63, 3.8) is 0 Å². The van der Waals surface area contributed by atoms with Crippen molar-refractivity contribution in [1.29, 1.82) is 0 Å². The average molecular weight is 239 g/mol. The molecule has 2 atom stereocenters. The molecule has 2 heterocycles. The molecule has 0 aromatic heterocycles. The van der Waals surface area contributed by atoms with E-state index < -0.39 is 0 Å². The minimum Gasteiger partial charge on any atom is -0.340 e. The van der Waals surface area contributed by atoms with Crippen molar-refractivity contribution in [1.82, 2.24) is 15.1 Å². The van der Waals surface area contributed by atoms with Crippen molar-refractivity contribution in [2.24, 2.45) is 11.8 Å². The second-order valence-corrected chi connectivity index (χ2v) is 4.46. The molecule has 0 aromatic carbocycles. The van der Waals surface area contributed by atoms with Gasteiger partial charge in [-0.2, -0.15) is 0 Å². The lowest BCUT2D eigenvalue weighted by molar-refractivity contribution is -0.140. The van der Waals surface area contributed by atoms with Crippen LogP contribution in [0.25, 0.3) is 0 Å². The van der Waals surface area contributed by atoms with Crippen molar-refractivity contribution in [2.45, 2.75) is 6.92 Å². The van der Waals surface area contributed by atoms with E-state index >= 15 is 0 Å². The van der Waals surface area contributed by atoms with Crippen molar-refractivity contribution < 1.29 is 14.4 Å². The molecule has 2 aliphatic rings. The van der Waals surface area contributed by atoms with Crippen LogP contribution in [0.3, 0.4) is 0 Å². The van der Waals surface area contributed by atoms with Gasteiger partial charge in [0.15, 0.2) is 0 Å². The molecule has 0 bridgehead atoms. The Balaban J connectivity index is 2.07. The van der Waals surface area contributed by atoms with Gasteiger partial charge in [-0.15, -0.1) is 0 Å². The molecule has 0 radical (unpaired) electrons. The smallest absolute Gasteiger partial charge is 0.236 e. The maximum absolute atomic E-state index is 11.9. The van der Waals surface area contributed by atoms with E-state index in [0.717, 1.165) is 0 Å². The minimum atomic E-state index is -0.316. The van der Waals surface area contributed by atoms with Gasteiger partial charge in [0, 0.05) is 19.6 Å². The number of carbonyl (C=O) groups is 3. The predicted octanol–water partition coefficient (Wildman–Crippen LogP) is -1.33. The average Bonchev–Trinajstić information content (AvgIpc) is 2.81. The standard InChI is InChI=1S/C11H17N3O3/c1-3-14-10(16)7-5-13(9(15)4-12-2)6-8(7)11(14)17/h7-8,12H,3-6H2,1-2H3/t7-,8-/m1/s1. The molecule has 17 heavy (non-hydrogen) atoms. The van der Waals surface area contributed by atoms with Crippen molar-refractivity contribution in [2.75, 3.05) is 33.2 Å². The fraction of sp³-hybridized carbons (Fsp3) is 0.727. The highest BCUT2D eigenvalue weighted by molar-refractivity contribution is 6.06.